The second-order valence-electron chi connectivity index (χ2n) is 5.33. The van der Waals surface area contributed by atoms with E-state index < -0.39 is 5.20 Å². The van der Waals surface area contributed by atoms with Gasteiger partial charge < -0.3 is 4.98 Å². The molecule has 31 heavy (non-hydrogen) atoms. The average Bonchev–Trinajstić information content (AvgIpc) is 2.74. The summed E-state index contributed by atoms with van der Waals surface area (Å²) in [6.07, 6.45) is 6.46. The Bertz CT molecular complexity index is 1180. The molecule has 160 valence electrons. The molecule has 0 aliphatic heterocycles. The van der Waals surface area contributed by atoms with Gasteiger partial charge in [-0.1, -0.05) is 12.1 Å². The van der Waals surface area contributed by atoms with Gasteiger partial charge in [0, 0.05) is 24.8 Å². The summed E-state index contributed by atoms with van der Waals surface area (Å²) in [5.41, 5.74) is 2.60. The molecule has 0 amide bonds. The van der Waals surface area contributed by atoms with Crippen LogP contribution in [0.1, 0.15) is 0 Å². The quantitative estimate of drug-likeness (QED) is 0.262. The lowest BCUT2D eigenvalue weighted by Gasteiger charge is -1.97. The van der Waals surface area contributed by atoms with Gasteiger partial charge in [-0.3, -0.25) is 14.5 Å². The predicted molar refractivity (Wildman–Crippen MR) is 124 cm³/mol. The molecule has 0 aromatic carbocycles. The maximum Gasteiger partial charge on any atom is 0.345 e. The van der Waals surface area contributed by atoms with Crippen LogP contribution >= 0.6 is 50.5 Å². The van der Waals surface area contributed by atoms with Crippen LogP contribution in [0, 0.1) is 0 Å². The minimum atomic E-state index is -3.22. The first-order valence-corrected chi connectivity index (χ1v) is 13.1. The van der Waals surface area contributed by atoms with Gasteiger partial charge in [-0.05, 0) is 81.7 Å². The third-order valence-electron chi connectivity index (χ3n) is 3.17. The van der Waals surface area contributed by atoms with Crippen molar-refractivity contribution in [3.63, 3.8) is 0 Å². The number of nitrogens with one attached hydrogen (secondary N) is 1. The molecule has 1 N–H and O–H groups in total. The molecule has 0 fully saturated rings. The maximum absolute atomic E-state index is 10.9. The van der Waals surface area contributed by atoms with E-state index in [0.29, 0.717) is 5.69 Å². The average molecular weight is 518 g/mol. The lowest BCUT2D eigenvalue weighted by molar-refractivity contribution is 0.600. The highest BCUT2D eigenvalue weighted by Gasteiger charge is 2.03. The van der Waals surface area contributed by atoms with Gasteiger partial charge in [0.15, 0.2) is 0 Å². The van der Waals surface area contributed by atoms with Gasteiger partial charge in [-0.2, -0.15) is 0 Å². The van der Waals surface area contributed by atoms with E-state index in [0.717, 1.165) is 17.1 Å². The van der Waals surface area contributed by atoms with Crippen LogP contribution in [-0.4, -0.2) is 29.9 Å². The number of hydrogen-bond donors (Lipinski definition) is 1. The molecule has 0 bridgehead atoms. The molecule has 0 aliphatic carbocycles. The number of rotatable bonds is 2. The zero-order valence-corrected chi connectivity index (χ0v) is 19.4. The third-order valence-corrected chi connectivity index (χ3v) is 3.35. The van der Waals surface area contributed by atoms with Crippen molar-refractivity contribution in [2.24, 2.45) is 0 Å². The number of aromatic nitrogens is 6. The maximum atomic E-state index is 10.9. The van der Waals surface area contributed by atoms with E-state index in [4.69, 9.17) is 11.6 Å². The summed E-state index contributed by atoms with van der Waals surface area (Å²) in [5, 5.41) is -2.98. The van der Waals surface area contributed by atoms with Gasteiger partial charge in [0.25, 0.3) is 0 Å². The van der Waals surface area contributed by atoms with Crippen LogP contribution in [-0.2, 0) is 4.57 Å². The molecule has 0 aliphatic rings. The normalized spacial score (nSPS) is 10.2. The first-order valence-electron chi connectivity index (χ1n) is 8.28. The first kappa shape index (κ1) is 24.9. The summed E-state index contributed by atoms with van der Waals surface area (Å²) < 4.78 is 9.51. The van der Waals surface area contributed by atoms with E-state index in [9.17, 15) is 9.36 Å². The molecule has 0 saturated heterocycles. The van der Waals surface area contributed by atoms with Crippen molar-refractivity contribution in [3.05, 3.63) is 89.1 Å². The van der Waals surface area contributed by atoms with Crippen molar-refractivity contribution in [1.82, 2.24) is 29.9 Å². The summed E-state index contributed by atoms with van der Waals surface area (Å²) in [6, 6.07) is 14.6. The number of nitrogens with zero attached hydrogens (tertiary/aromatic N) is 5. The molecule has 0 radical (unpaired) electrons. The number of H-pyrrole nitrogens is 1. The highest BCUT2D eigenvalue weighted by molar-refractivity contribution is 8.24. The SMILES string of the molecule is Clc1nccc(-c2ccccn2)n1.O=P(Cl)(Cl)Cl.O=c1nccc(-c2ccccn2)[nH]1. The van der Waals surface area contributed by atoms with Gasteiger partial charge in [0.05, 0.1) is 22.8 Å². The Kier molecular flexibility index (Phi) is 10.0. The van der Waals surface area contributed by atoms with E-state index in [-0.39, 0.29) is 11.0 Å². The van der Waals surface area contributed by atoms with Crippen LogP contribution in [0.2, 0.25) is 5.28 Å². The van der Waals surface area contributed by atoms with Crippen molar-refractivity contribution < 1.29 is 4.57 Å². The van der Waals surface area contributed by atoms with Crippen LogP contribution < -0.4 is 5.69 Å². The standard InChI is InChI=1S/C9H6ClN3.C9H7N3O.Cl3OP/c10-9-12-6-4-8(13-9)7-3-1-2-5-11-7;13-9-11-6-4-8(12-9)7-3-1-2-5-10-7;1-5(2,3)4/h1-6H;1-6H,(H,11,12,13);. The number of hydrogen-bond acceptors (Lipinski definition) is 7. The number of pyridine rings is 2. The summed E-state index contributed by atoms with van der Waals surface area (Å²) >= 11 is 19.5. The van der Waals surface area contributed by atoms with Crippen LogP contribution in [0.5, 0.6) is 0 Å². The van der Waals surface area contributed by atoms with Crippen molar-refractivity contribution in [2.75, 3.05) is 0 Å². The topological polar surface area (TPSA) is 114 Å². The molecule has 4 rings (SSSR count). The lowest BCUT2D eigenvalue weighted by atomic mass is 10.3. The molecule has 0 unspecified atom stereocenters. The van der Waals surface area contributed by atoms with Crippen molar-refractivity contribution in [2.45, 2.75) is 0 Å². The van der Waals surface area contributed by atoms with Crippen molar-refractivity contribution >= 4 is 50.5 Å². The van der Waals surface area contributed by atoms with Gasteiger partial charge in [-0.25, -0.2) is 19.7 Å². The summed E-state index contributed by atoms with van der Waals surface area (Å²) in [5.74, 6) is 0. The Morgan fingerprint density at radius 2 is 1.29 bits per heavy atom. The Balaban J connectivity index is 0.000000182. The van der Waals surface area contributed by atoms with Crippen molar-refractivity contribution in [1.29, 1.82) is 0 Å². The number of aromatic amines is 1. The van der Waals surface area contributed by atoms with Crippen LogP contribution in [0.3, 0.4) is 0 Å². The van der Waals surface area contributed by atoms with E-state index in [1.54, 1.807) is 30.7 Å². The Hall–Kier alpha value is -2.35. The van der Waals surface area contributed by atoms with E-state index in [1.165, 1.54) is 6.20 Å². The summed E-state index contributed by atoms with van der Waals surface area (Å²) in [4.78, 5) is 33.1. The molecule has 4 aromatic rings. The fourth-order valence-corrected chi connectivity index (χ4v) is 2.18. The monoisotopic (exact) mass is 516 g/mol. The minimum absolute atomic E-state index is 0.239. The largest absolute Gasteiger partial charge is 0.345 e. The Morgan fingerprint density at radius 3 is 1.81 bits per heavy atom. The van der Waals surface area contributed by atoms with Gasteiger partial charge in [-0.15, -0.1) is 0 Å². The van der Waals surface area contributed by atoms with Crippen LogP contribution in [0.25, 0.3) is 22.8 Å². The molecule has 8 nitrogen and oxygen atoms in total. The third kappa shape index (κ3) is 10.5. The van der Waals surface area contributed by atoms with Gasteiger partial charge in [0.1, 0.15) is 0 Å². The second kappa shape index (κ2) is 12.5. The van der Waals surface area contributed by atoms with Crippen molar-refractivity contribution in [3.8, 4) is 22.8 Å². The number of halogens is 4. The first-order chi connectivity index (χ1) is 14.7. The highest BCUT2D eigenvalue weighted by Crippen LogP contribution is 2.61. The summed E-state index contributed by atoms with van der Waals surface area (Å²) in [6.45, 7) is 0. The fraction of sp³-hybridized carbons (Fsp3) is 0. The van der Waals surface area contributed by atoms with Gasteiger partial charge >= 0.3 is 10.9 Å². The second-order valence-corrected chi connectivity index (χ2v) is 12.3. The molecule has 0 saturated carbocycles. The molecular weight excluding hydrogens is 505 g/mol. The Labute approximate surface area is 196 Å². The molecule has 4 heterocycles. The minimum Gasteiger partial charge on any atom is -0.304 e. The molecule has 4 aromatic heterocycles. The van der Waals surface area contributed by atoms with E-state index >= 15 is 0 Å². The summed E-state index contributed by atoms with van der Waals surface area (Å²) in [7, 11) is 0. The zero-order valence-electron chi connectivity index (χ0n) is 15.4. The smallest absolute Gasteiger partial charge is 0.304 e. The fourth-order valence-electron chi connectivity index (χ4n) is 2.03. The highest BCUT2D eigenvalue weighted by atomic mass is 36.0. The lowest BCUT2D eigenvalue weighted by Crippen LogP contribution is -2.09. The Morgan fingerprint density at radius 1 is 0.710 bits per heavy atom. The molecule has 0 spiro atoms. The molecule has 13 heteroatoms. The van der Waals surface area contributed by atoms with Crippen LogP contribution in [0.4, 0.5) is 0 Å². The molecule has 0 atom stereocenters. The zero-order chi connectivity index (χ0) is 22.7. The van der Waals surface area contributed by atoms with Gasteiger partial charge in [0.2, 0.25) is 5.28 Å². The van der Waals surface area contributed by atoms with E-state index in [2.05, 4.69) is 63.6 Å². The predicted octanol–water partition coefficient (Wildman–Crippen LogP) is 5.83. The van der Waals surface area contributed by atoms with E-state index in [1.807, 2.05) is 36.4 Å². The molecular formula is C18H13Cl4N6O2P. The van der Waals surface area contributed by atoms with Crippen LogP contribution in [0.15, 0.2) is 78.1 Å².